The molecule has 0 aliphatic rings. The quantitative estimate of drug-likeness (QED) is 0.213. The molecule has 0 aromatic heterocycles. The van der Waals surface area contributed by atoms with Crippen molar-refractivity contribution in [2.24, 2.45) is 0 Å². The molecule has 58 valence electrons. The first-order valence-electron chi connectivity index (χ1n) is 2.03. The first-order chi connectivity index (χ1) is 4.74. The number of nitrogens with one attached hydrogen (secondary N) is 4. The van der Waals surface area contributed by atoms with Crippen LogP contribution in [-0.4, -0.2) is 23.4 Å². The fraction of sp³-hybridized carbons (Fsp3) is 1.00. The normalized spacial score (nSPS) is 4.60. The van der Waals surface area contributed by atoms with Crippen LogP contribution in [0.2, 0.25) is 0 Å². The Bertz CT molecular complexity index is 86.3. The monoisotopic (exact) mass is 150 g/mol. The van der Waals surface area contributed by atoms with Crippen LogP contribution in [0.4, 0.5) is 0 Å². The van der Waals surface area contributed by atoms with Gasteiger partial charge >= 0.3 is 0 Å². The lowest BCUT2D eigenvalue weighted by Gasteiger charge is -1.70. The number of rotatable bonds is 1. The van der Waals surface area contributed by atoms with Gasteiger partial charge in [-0.25, -0.2) is 0 Å². The summed E-state index contributed by atoms with van der Waals surface area (Å²) < 4.78 is 0. The zero-order valence-corrected chi connectivity index (χ0v) is 5.20. The zero-order chi connectivity index (χ0) is 8.83. The molecule has 0 aromatic carbocycles. The molecule has 8 heteroatoms. The second-order valence-electron chi connectivity index (χ2n) is 0.671. The highest BCUT2D eigenvalue weighted by Gasteiger charge is 1.58. The topological polar surface area (TPSA) is 164 Å². The predicted molar refractivity (Wildman–Crippen MR) is 29.3 cm³/mol. The SMILES string of the molecule is N=[N+]=N.N=[N+]=N.OCCO. The number of aliphatic hydroxyl groups excluding tert-OH is 2. The second kappa shape index (κ2) is 50.0. The Labute approximate surface area is 56.6 Å². The van der Waals surface area contributed by atoms with E-state index in [1.165, 1.54) is 0 Å². The van der Waals surface area contributed by atoms with E-state index in [1.807, 2.05) is 9.82 Å². The maximum absolute atomic E-state index is 7.62. The van der Waals surface area contributed by atoms with Crippen LogP contribution < -0.4 is 9.82 Å². The van der Waals surface area contributed by atoms with E-state index in [-0.39, 0.29) is 13.2 Å². The van der Waals surface area contributed by atoms with Crippen molar-refractivity contribution in [1.82, 2.24) is 9.82 Å². The van der Waals surface area contributed by atoms with Crippen molar-refractivity contribution in [2.75, 3.05) is 13.2 Å². The Morgan fingerprint density at radius 2 is 0.900 bits per heavy atom. The highest BCUT2D eigenvalue weighted by Crippen LogP contribution is 1.39. The lowest BCUT2D eigenvalue weighted by atomic mass is 10.8. The van der Waals surface area contributed by atoms with E-state index in [0.717, 1.165) is 0 Å². The first-order valence-corrected chi connectivity index (χ1v) is 2.03. The molecule has 0 bridgehead atoms. The number of hydrogen-bond acceptors (Lipinski definition) is 6. The van der Waals surface area contributed by atoms with E-state index in [2.05, 4.69) is 0 Å². The number of nitrogens with zero attached hydrogens (tertiary/aromatic N) is 2. The summed E-state index contributed by atoms with van der Waals surface area (Å²) in [4.78, 5) is 4.00. The molecule has 0 amide bonds. The number of hydrogen-bond donors (Lipinski definition) is 6. The molecule has 0 spiro atoms. The van der Waals surface area contributed by atoms with Crippen molar-refractivity contribution >= 4 is 0 Å². The van der Waals surface area contributed by atoms with Crippen molar-refractivity contribution < 1.29 is 10.2 Å². The highest BCUT2D eigenvalue weighted by atomic mass is 16.3. The minimum Gasteiger partial charge on any atom is -0.394 e. The molecule has 0 aliphatic heterocycles. The zero-order valence-electron chi connectivity index (χ0n) is 5.20. The van der Waals surface area contributed by atoms with Gasteiger partial charge in [0.2, 0.25) is 9.82 Å². The first kappa shape index (κ1) is 15.8. The summed E-state index contributed by atoms with van der Waals surface area (Å²) in [7, 11) is 0. The van der Waals surface area contributed by atoms with Crippen LogP contribution >= 0.6 is 0 Å². The summed E-state index contributed by atoms with van der Waals surface area (Å²) >= 11 is 0. The Balaban J connectivity index is -0.0000000750. The predicted octanol–water partition coefficient (Wildman–Crippen LogP) is -0.798. The van der Waals surface area contributed by atoms with Crippen LogP contribution in [0.3, 0.4) is 0 Å². The Hall–Kier alpha value is -1.46. The molecule has 10 heavy (non-hydrogen) atoms. The van der Waals surface area contributed by atoms with E-state index < -0.39 is 0 Å². The van der Waals surface area contributed by atoms with Gasteiger partial charge in [0.05, 0.1) is 13.2 Å². The summed E-state index contributed by atoms with van der Waals surface area (Å²) in [6, 6.07) is 0. The van der Waals surface area contributed by atoms with Gasteiger partial charge < -0.3 is 10.2 Å². The molecule has 0 fully saturated rings. The maximum atomic E-state index is 7.62. The third-order valence-corrected chi connectivity index (χ3v) is 0.1000. The van der Waals surface area contributed by atoms with Crippen LogP contribution in [0.25, 0.3) is 0 Å². The van der Waals surface area contributed by atoms with Crippen LogP contribution in [0.5, 0.6) is 0 Å². The minimum absolute atomic E-state index is 0.125. The Kier molecular flexibility index (Phi) is 79.1. The van der Waals surface area contributed by atoms with Gasteiger partial charge in [0.25, 0.3) is 0 Å². The average molecular weight is 150 g/mol. The molecule has 8 nitrogen and oxygen atoms in total. The fourth-order valence-corrected chi connectivity index (χ4v) is 0. The van der Waals surface area contributed by atoms with Gasteiger partial charge in [0.15, 0.2) is 0 Å². The summed E-state index contributed by atoms with van der Waals surface area (Å²) in [5.41, 5.74) is 22.0. The molecule has 0 saturated carbocycles. The van der Waals surface area contributed by atoms with Gasteiger partial charge in [-0.05, 0) is 0 Å². The molecule has 0 radical (unpaired) electrons. The second-order valence-corrected chi connectivity index (χ2v) is 0.671. The molecular formula is C2H10N6O2+2. The van der Waals surface area contributed by atoms with E-state index in [9.17, 15) is 0 Å². The molecular weight excluding hydrogens is 140 g/mol. The van der Waals surface area contributed by atoms with Crippen molar-refractivity contribution in [1.29, 1.82) is 22.1 Å². The van der Waals surface area contributed by atoms with Crippen molar-refractivity contribution in [3.05, 3.63) is 0 Å². The molecule has 0 unspecified atom stereocenters. The van der Waals surface area contributed by atoms with E-state index in [4.69, 9.17) is 32.3 Å². The average Bonchev–Trinajstić information content (AvgIpc) is 1.91. The highest BCUT2D eigenvalue weighted by molar-refractivity contribution is 4.06. The maximum Gasteiger partial charge on any atom is 0.211 e. The largest absolute Gasteiger partial charge is 0.394 e. The lowest BCUT2D eigenvalue weighted by Crippen LogP contribution is -1.85. The lowest BCUT2D eigenvalue weighted by molar-refractivity contribution is 0.186. The molecule has 0 aliphatic carbocycles. The van der Waals surface area contributed by atoms with Crippen molar-refractivity contribution in [3.63, 3.8) is 0 Å². The molecule has 0 atom stereocenters. The van der Waals surface area contributed by atoms with Crippen LogP contribution in [-0.2, 0) is 0 Å². The molecule has 0 aromatic rings. The number of aliphatic hydroxyl groups is 2. The Morgan fingerprint density at radius 3 is 0.900 bits per heavy atom. The van der Waals surface area contributed by atoms with Crippen molar-refractivity contribution in [2.45, 2.75) is 0 Å². The van der Waals surface area contributed by atoms with Gasteiger partial charge in [-0.1, -0.05) is 0 Å². The Morgan fingerprint density at radius 1 is 0.800 bits per heavy atom. The van der Waals surface area contributed by atoms with E-state index >= 15 is 0 Å². The molecule has 0 rings (SSSR count). The molecule has 0 saturated heterocycles. The summed E-state index contributed by atoms with van der Waals surface area (Å²) in [6.07, 6.45) is 0. The fourth-order valence-electron chi connectivity index (χ4n) is 0. The third-order valence-electron chi connectivity index (χ3n) is 0.1000. The van der Waals surface area contributed by atoms with Crippen LogP contribution in [0.1, 0.15) is 0 Å². The van der Waals surface area contributed by atoms with Gasteiger partial charge in [0, 0.05) is 0 Å². The smallest absolute Gasteiger partial charge is 0.211 e. The standard InChI is InChI=1S/C2H6O2.2H2N3/c3-1-2-4;2*1-3-2/h3-4H,1-2H2;2*1-2H/q;2*+1. The summed E-state index contributed by atoms with van der Waals surface area (Å²) in [5, 5.41) is 15.2. The van der Waals surface area contributed by atoms with Gasteiger partial charge in [-0.3, -0.25) is 0 Å². The van der Waals surface area contributed by atoms with Crippen LogP contribution in [0, 0.1) is 22.1 Å². The van der Waals surface area contributed by atoms with Crippen LogP contribution in [0.15, 0.2) is 0 Å². The van der Waals surface area contributed by atoms with Gasteiger partial charge in [-0.2, -0.15) is 0 Å². The van der Waals surface area contributed by atoms with Gasteiger partial charge in [-0.15, -0.1) is 0 Å². The third kappa shape index (κ3) is 949. The van der Waals surface area contributed by atoms with E-state index in [0.29, 0.717) is 0 Å². The summed E-state index contributed by atoms with van der Waals surface area (Å²) in [6.45, 7) is -0.250. The molecule has 0 heterocycles. The minimum atomic E-state index is -0.125. The van der Waals surface area contributed by atoms with Crippen molar-refractivity contribution in [3.8, 4) is 0 Å². The summed E-state index contributed by atoms with van der Waals surface area (Å²) in [5.74, 6) is 0. The molecule has 6 N–H and O–H groups in total. The van der Waals surface area contributed by atoms with Gasteiger partial charge in [0.1, 0.15) is 22.1 Å². The van der Waals surface area contributed by atoms with E-state index in [1.54, 1.807) is 0 Å².